The van der Waals surface area contributed by atoms with E-state index in [-0.39, 0.29) is 6.61 Å². The van der Waals surface area contributed by atoms with E-state index in [1.165, 1.54) is 11.3 Å². The van der Waals surface area contributed by atoms with Crippen LogP contribution in [0.5, 0.6) is 0 Å². The zero-order valence-corrected chi connectivity index (χ0v) is 9.34. The normalized spacial score (nSPS) is 12.1. The van der Waals surface area contributed by atoms with Crippen LogP contribution in [0, 0.1) is 0 Å². The van der Waals surface area contributed by atoms with Crippen LogP contribution in [0.1, 0.15) is 35.0 Å². The van der Waals surface area contributed by atoms with E-state index in [0.29, 0.717) is 10.4 Å². The zero-order valence-electron chi connectivity index (χ0n) is 8.52. The fourth-order valence-electron chi connectivity index (χ4n) is 1.16. The summed E-state index contributed by atoms with van der Waals surface area (Å²) in [4.78, 5) is 22.6. The lowest BCUT2D eigenvalue weighted by atomic mass is 10.0. The van der Waals surface area contributed by atoms with Crippen molar-refractivity contribution in [3.8, 4) is 0 Å². The SMILES string of the molecule is CCOC(=O)c1sccc1C(C)C(=O)O. The van der Waals surface area contributed by atoms with Gasteiger partial charge in [0.1, 0.15) is 4.88 Å². The predicted octanol–water partition coefficient (Wildman–Crippen LogP) is 2.11. The monoisotopic (exact) mass is 228 g/mol. The molecular weight excluding hydrogens is 216 g/mol. The summed E-state index contributed by atoms with van der Waals surface area (Å²) < 4.78 is 4.84. The molecule has 15 heavy (non-hydrogen) atoms. The topological polar surface area (TPSA) is 63.6 Å². The molecule has 0 aliphatic heterocycles. The van der Waals surface area contributed by atoms with E-state index >= 15 is 0 Å². The van der Waals surface area contributed by atoms with Crippen LogP contribution in [-0.4, -0.2) is 23.7 Å². The summed E-state index contributed by atoms with van der Waals surface area (Å²) in [6.07, 6.45) is 0. The summed E-state index contributed by atoms with van der Waals surface area (Å²) in [7, 11) is 0. The lowest BCUT2D eigenvalue weighted by Gasteiger charge is -2.06. The lowest BCUT2D eigenvalue weighted by Crippen LogP contribution is -2.12. The van der Waals surface area contributed by atoms with E-state index in [1.54, 1.807) is 25.3 Å². The average molecular weight is 228 g/mol. The molecule has 0 aromatic carbocycles. The van der Waals surface area contributed by atoms with Crippen LogP contribution in [0.15, 0.2) is 11.4 Å². The third-order valence-electron chi connectivity index (χ3n) is 1.99. The summed E-state index contributed by atoms with van der Waals surface area (Å²) in [5.74, 6) is -2.08. The molecule has 1 N–H and O–H groups in total. The Bertz CT molecular complexity index is 369. The molecule has 1 unspecified atom stereocenters. The minimum absolute atomic E-state index is 0.289. The molecule has 1 atom stereocenters. The Morgan fingerprint density at radius 1 is 1.60 bits per heavy atom. The van der Waals surface area contributed by atoms with Crippen LogP contribution >= 0.6 is 11.3 Å². The first-order chi connectivity index (χ1) is 7.07. The van der Waals surface area contributed by atoms with Gasteiger partial charge < -0.3 is 9.84 Å². The maximum absolute atomic E-state index is 11.4. The van der Waals surface area contributed by atoms with E-state index in [1.807, 2.05) is 0 Å². The summed E-state index contributed by atoms with van der Waals surface area (Å²) >= 11 is 1.21. The molecule has 82 valence electrons. The predicted molar refractivity (Wildman–Crippen MR) is 56.3 cm³/mol. The number of ether oxygens (including phenoxy) is 1. The summed E-state index contributed by atoms with van der Waals surface area (Å²) in [6, 6.07) is 1.65. The second kappa shape index (κ2) is 4.93. The number of rotatable bonds is 4. The Morgan fingerprint density at radius 2 is 2.27 bits per heavy atom. The van der Waals surface area contributed by atoms with Crippen LogP contribution < -0.4 is 0 Å². The van der Waals surface area contributed by atoms with Crippen molar-refractivity contribution in [2.24, 2.45) is 0 Å². The van der Waals surface area contributed by atoms with Gasteiger partial charge in [0.15, 0.2) is 0 Å². The van der Waals surface area contributed by atoms with Gasteiger partial charge >= 0.3 is 11.9 Å². The maximum atomic E-state index is 11.4. The van der Waals surface area contributed by atoms with Gasteiger partial charge in [0.25, 0.3) is 0 Å². The fraction of sp³-hybridized carbons (Fsp3) is 0.400. The number of carbonyl (C=O) groups is 2. The van der Waals surface area contributed by atoms with Crippen LogP contribution in [0.25, 0.3) is 0 Å². The van der Waals surface area contributed by atoms with Gasteiger partial charge in [-0.1, -0.05) is 0 Å². The summed E-state index contributed by atoms with van der Waals surface area (Å²) in [5, 5.41) is 10.5. The number of hydrogen-bond donors (Lipinski definition) is 1. The van der Waals surface area contributed by atoms with Crippen molar-refractivity contribution in [1.82, 2.24) is 0 Å². The molecule has 1 heterocycles. The van der Waals surface area contributed by atoms with Gasteiger partial charge in [-0.3, -0.25) is 4.79 Å². The van der Waals surface area contributed by atoms with E-state index in [9.17, 15) is 9.59 Å². The van der Waals surface area contributed by atoms with Crippen molar-refractivity contribution in [2.45, 2.75) is 19.8 Å². The highest BCUT2D eigenvalue weighted by Crippen LogP contribution is 2.25. The molecule has 1 rings (SSSR count). The van der Waals surface area contributed by atoms with Crippen molar-refractivity contribution in [2.75, 3.05) is 6.61 Å². The summed E-state index contributed by atoms with van der Waals surface area (Å²) in [6.45, 7) is 3.55. The van der Waals surface area contributed by atoms with Crippen LogP contribution in [0.4, 0.5) is 0 Å². The lowest BCUT2D eigenvalue weighted by molar-refractivity contribution is -0.138. The molecule has 0 fully saturated rings. The molecule has 0 bridgehead atoms. The van der Waals surface area contributed by atoms with Crippen molar-refractivity contribution in [1.29, 1.82) is 0 Å². The Labute approximate surface area is 91.5 Å². The largest absolute Gasteiger partial charge is 0.481 e. The standard InChI is InChI=1S/C10H12O4S/c1-3-14-10(13)8-7(4-5-15-8)6(2)9(11)12/h4-6H,3H2,1-2H3,(H,11,12). The smallest absolute Gasteiger partial charge is 0.348 e. The van der Waals surface area contributed by atoms with Crippen molar-refractivity contribution in [3.63, 3.8) is 0 Å². The van der Waals surface area contributed by atoms with Gasteiger partial charge in [0.05, 0.1) is 12.5 Å². The average Bonchev–Trinajstić information content (AvgIpc) is 2.65. The van der Waals surface area contributed by atoms with Crippen LogP contribution in [-0.2, 0) is 9.53 Å². The van der Waals surface area contributed by atoms with Crippen LogP contribution in [0.2, 0.25) is 0 Å². The van der Waals surface area contributed by atoms with Gasteiger partial charge in [0.2, 0.25) is 0 Å². The highest BCUT2D eigenvalue weighted by Gasteiger charge is 2.22. The highest BCUT2D eigenvalue weighted by atomic mass is 32.1. The van der Waals surface area contributed by atoms with E-state index in [2.05, 4.69) is 0 Å². The highest BCUT2D eigenvalue weighted by molar-refractivity contribution is 7.12. The number of thiophene rings is 1. The summed E-state index contributed by atoms with van der Waals surface area (Å²) in [5.41, 5.74) is 0.519. The molecule has 1 aromatic heterocycles. The van der Waals surface area contributed by atoms with Gasteiger partial charge in [-0.15, -0.1) is 11.3 Å². The minimum Gasteiger partial charge on any atom is -0.481 e. The number of esters is 1. The first-order valence-corrected chi connectivity index (χ1v) is 5.43. The minimum atomic E-state index is -0.945. The zero-order chi connectivity index (χ0) is 11.4. The molecule has 1 aromatic rings. The van der Waals surface area contributed by atoms with Gasteiger partial charge in [0, 0.05) is 0 Å². The molecule has 0 radical (unpaired) electrons. The Hall–Kier alpha value is -1.36. The molecule has 0 saturated carbocycles. The molecule has 0 amide bonds. The van der Waals surface area contributed by atoms with Gasteiger partial charge in [-0.25, -0.2) is 4.79 Å². The van der Waals surface area contributed by atoms with E-state index < -0.39 is 17.9 Å². The second-order valence-corrected chi connectivity index (χ2v) is 3.90. The number of carboxylic acids is 1. The van der Waals surface area contributed by atoms with Gasteiger partial charge in [-0.2, -0.15) is 0 Å². The molecule has 0 aliphatic carbocycles. The fourth-order valence-corrected chi connectivity index (χ4v) is 2.04. The van der Waals surface area contributed by atoms with Crippen molar-refractivity contribution in [3.05, 3.63) is 21.9 Å². The molecule has 0 spiro atoms. The van der Waals surface area contributed by atoms with Crippen molar-refractivity contribution >= 4 is 23.3 Å². The number of carboxylic acid groups (broad SMARTS) is 1. The molecular formula is C10H12O4S. The third kappa shape index (κ3) is 2.56. The maximum Gasteiger partial charge on any atom is 0.348 e. The number of hydrogen-bond acceptors (Lipinski definition) is 4. The van der Waals surface area contributed by atoms with E-state index in [4.69, 9.17) is 9.84 Å². The number of carbonyl (C=O) groups excluding carboxylic acids is 1. The Morgan fingerprint density at radius 3 is 2.80 bits per heavy atom. The van der Waals surface area contributed by atoms with E-state index in [0.717, 1.165) is 0 Å². The Kier molecular flexibility index (Phi) is 3.85. The number of aliphatic carboxylic acids is 1. The third-order valence-corrected chi connectivity index (χ3v) is 2.90. The molecule has 4 nitrogen and oxygen atoms in total. The first-order valence-electron chi connectivity index (χ1n) is 4.55. The molecule has 0 saturated heterocycles. The molecule has 5 heteroatoms. The first kappa shape index (κ1) is 11.7. The van der Waals surface area contributed by atoms with Crippen LogP contribution in [0.3, 0.4) is 0 Å². The Balaban J connectivity index is 2.96. The quantitative estimate of drug-likeness (QED) is 0.802. The van der Waals surface area contributed by atoms with Crippen molar-refractivity contribution < 1.29 is 19.4 Å². The molecule has 0 aliphatic rings. The second-order valence-electron chi connectivity index (χ2n) is 2.99. The van der Waals surface area contributed by atoms with Gasteiger partial charge in [-0.05, 0) is 30.9 Å².